The van der Waals surface area contributed by atoms with Gasteiger partial charge in [0.15, 0.2) is 0 Å². The van der Waals surface area contributed by atoms with Crippen molar-refractivity contribution in [2.45, 2.75) is 6.54 Å². The molecule has 19 heavy (non-hydrogen) atoms. The molecule has 1 N–H and O–H groups in total. The molecule has 1 heterocycles. The van der Waals surface area contributed by atoms with Gasteiger partial charge in [0.2, 0.25) is 5.95 Å². The average Bonchev–Trinajstić information content (AvgIpc) is 2.37. The minimum absolute atomic E-state index is 0.247. The fraction of sp³-hybridized carbons (Fsp3) is 0.231. The number of nitrogens with one attached hydrogen (secondary N) is 1. The number of nitrogens with zero attached hydrogens (tertiary/aromatic N) is 3. The third-order valence-corrected chi connectivity index (χ3v) is 2.69. The van der Waals surface area contributed by atoms with E-state index in [-0.39, 0.29) is 5.82 Å². The minimum atomic E-state index is -0.247. The first-order valence-corrected chi connectivity index (χ1v) is 6.13. The van der Waals surface area contributed by atoms with Crippen molar-refractivity contribution in [3.63, 3.8) is 0 Å². The fourth-order valence-corrected chi connectivity index (χ4v) is 1.70. The predicted octanol–water partition coefficient (Wildman–Crippen LogP) is 2.95. The summed E-state index contributed by atoms with van der Waals surface area (Å²) in [6, 6.07) is 8.20. The Balaban J connectivity index is 2.14. The summed E-state index contributed by atoms with van der Waals surface area (Å²) in [6.07, 6.45) is 0. The van der Waals surface area contributed by atoms with Gasteiger partial charge in [-0.05, 0) is 6.07 Å². The van der Waals surface area contributed by atoms with Crippen molar-refractivity contribution in [1.29, 1.82) is 0 Å². The van der Waals surface area contributed by atoms with Crippen molar-refractivity contribution >= 4 is 23.4 Å². The number of hydrogen-bond acceptors (Lipinski definition) is 4. The molecule has 1 aromatic heterocycles. The van der Waals surface area contributed by atoms with Crippen LogP contribution in [0.1, 0.15) is 5.56 Å². The highest BCUT2D eigenvalue weighted by Gasteiger charge is 2.06. The van der Waals surface area contributed by atoms with Crippen LogP contribution in [0.25, 0.3) is 0 Å². The molecule has 0 aliphatic rings. The maximum Gasteiger partial charge on any atom is 0.228 e. The van der Waals surface area contributed by atoms with E-state index in [4.69, 9.17) is 11.6 Å². The Hall–Kier alpha value is -1.88. The van der Waals surface area contributed by atoms with Crippen LogP contribution in [0.4, 0.5) is 16.2 Å². The van der Waals surface area contributed by atoms with Crippen molar-refractivity contribution in [3.8, 4) is 0 Å². The number of hydrogen-bond donors (Lipinski definition) is 1. The van der Waals surface area contributed by atoms with Crippen LogP contribution in [0.3, 0.4) is 0 Å². The van der Waals surface area contributed by atoms with Gasteiger partial charge in [-0.2, -0.15) is 4.98 Å². The Morgan fingerprint density at radius 2 is 2.00 bits per heavy atom. The number of rotatable bonds is 4. The second-order valence-corrected chi connectivity index (χ2v) is 4.60. The van der Waals surface area contributed by atoms with Crippen LogP contribution < -0.4 is 10.2 Å². The van der Waals surface area contributed by atoms with Crippen LogP contribution in [0, 0.1) is 5.82 Å². The first kappa shape index (κ1) is 13.5. The van der Waals surface area contributed by atoms with E-state index in [1.165, 1.54) is 6.07 Å². The molecule has 100 valence electrons. The van der Waals surface area contributed by atoms with Gasteiger partial charge < -0.3 is 10.2 Å². The summed E-state index contributed by atoms with van der Waals surface area (Å²) in [5.41, 5.74) is 0.573. The number of anilines is 2. The van der Waals surface area contributed by atoms with Gasteiger partial charge in [0.05, 0.1) is 0 Å². The van der Waals surface area contributed by atoms with Crippen LogP contribution in [-0.2, 0) is 6.54 Å². The third kappa shape index (κ3) is 3.54. The minimum Gasteiger partial charge on any atom is -0.366 e. The van der Waals surface area contributed by atoms with Gasteiger partial charge in [-0.1, -0.05) is 29.8 Å². The van der Waals surface area contributed by atoms with Gasteiger partial charge in [-0.15, -0.1) is 0 Å². The molecule has 0 unspecified atom stereocenters. The summed E-state index contributed by atoms with van der Waals surface area (Å²) in [5.74, 6) is 0.818. The van der Waals surface area contributed by atoms with E-state index < -0.39 is 0 Å². The van der Waals surface area contributed by atoms with Crippen molar-refractivity contribution < 1.29 is 4.39 Å². The van der Waals surface area contributed by atoms with E-state index in [0.29, 0.717) is 29.0 Å². The normalized spacial score (nSPS) is 10.3. The molecule has 0 atom stereocenters. The van der Waals surface area contributed by atoms with Gasteiger partial charge in [-0.3, -0.25) is 0 Å². The zero-order valence-corrected chi connectivity index (χ0v) is 11.4. The Morgan fingerprint density at radius 3 is 2.68 bits per heavy atom. The third-order valence-electron chi connectivity index (χ3n) is 2.50. The fourth-order valence-electron chi connectivity index (χ4n) is 1.52. The molecule has 0 amide bonds. The lowest BCUT2D eigenvalue weighted by Crippen LogP contribution is -2.14. The maximum absolute atomic E-state index is 13.5. The summed E-state index contributed by atoms with van der Waals surface area (Å²) in [5, 5.41) is 3.38. The Kier molecular flexibility index (Phi) is 4.16. The van der Waals surface area contributed by atoms with Gasteiger partial charge in [0.25, 0.3) is 0 Å². The predicted molar refractivity (Wildman–Crippen MR) is 75.1 cm³/mol. The van der Waals surface area contributed by atoms with E-state index in [0.717, 1.165) is 0 Å². The van der Waals surface area contributed by atoms with Crippen LogP contribution in [-0.4, -0.2) is 24.1 Å². The zero-order valence-electron chi connectivity index (χ0n) is 10.7. The van der Waals surface area contributed by atoms with E-state index >= 15 is 0 Å². The first-order valence-electron chi connectivity index (χ1n) is 5.75. The van der Waals surface area contributed by atoms with Crippen molar-refractivity contribution in [2.24, 2.45) is 0 Å². The van der Waals surface area contributed by atoms with Crippen molar-refractivity contribution in [3.05, 3.63) is 46.9 Å². The Bertz CT molecular complexity index is 574. The summed E-state index contributed by atoms with van der Waals surface area (Å²) in [4.78, 5) is 10.1. The molecule has 4 nitrogen and oxygen atoms in total. The van der Waals surface area contributed by atoms with Gasteiger partial charge in [0, 0.05) is 32.3 Å². The highest BCUT2D eigenvalue weighted by molar-refractivity contribution is 6.29. The highest BCUT2D eigenvalue weighted by atomic mass is 35.5. The molecule has 0 radical (unpaired) electrons. The summed E-state index contributed by atoms with van der Waals surface area (Å²) >= 11 is 5.92. The first-order chi connectivity index (χ1) is 9.06. The Labute approximate surface area is 116 Å². The molecule has 2 aromatic rings. The quantitative estimate of drug-likeness (QED) is 0.874. The van der Waals surface area contributed by atoms with E-state index in [2.05, 4.69) is 15.3 Å². The molecule has 0 saturated heterocycles. The molecular weight excluding hydrogens is 267 g/mol. The topological polar surface area (TPSA) is 41.1 Å². The SMILES string of the molecule is CN(C)c1nc(Cl)cc(NCc2ccccc2F)n1. The lowest BCUT2D eigenvalue weighted by molar-refractivity contribution is 0.613. The molecule has 0 spiro atoms. The molecule has 1 aromatic carbocycles. The second kappa shape index (κ2) is 5.84. The highest BCUT2D eigenvalue weighted by Crippen LogP contribution is 2.17. The molecule has 2 rings (SSSR count). The lowest BCUT2D eigenvalue weighted by atomic mass is 10.2. The van der Waals surface area contributed by atoms with Crippen LogP contribution in [0.15, 0.2) is 30.3 Å². The van der Waals surface area contributed by atoms with Crippen LogP contribution >= 0.6 is 11.6 Å². The average molecular weight is 281 g/mol. The molecule has 6 heteroatoms. The zero-order chi connectivity index (χ0) is 13.8. The molecule has 0 aliphatic heterocycles. The smallest absolute Gasteiger partial charge is 0.228 e. The van der Waals surface area contributed by atoms with Gasteiger partial charge in [-0.25, -0.2) is 9.37 Å². The summed E-state index contributed by atoms with van der Waals surface area (Å²) in [7, 11) is 3.65. The van der Waals surface area contributed by atoms with Crippen molar-refractivity contribution in [1.82, 2.24) is 9.97 Å². The summed E-state index contributed by atoms with van der Waals surface area (Å²) in [6.45, 7) is 0.340. The van der Waals surface area contributed by atoms with Crippen molar-refractivity contribution in [2.75, 3.05) is 24.3 Å². The molecule has 0 bridgehead atoms. The molecule has 0 saturated carbocycles. The van der Waals surface area contributed by atoms with Gasteiger partial charge >= 0.3 is 0 Å². The van der Waals surface area contributed by atoms with E-state index in [1.807, 2.05) is 14.1 Å². The van der Waals surface area contributed by atoms with E-state index in [9.17, 15) is 4.39 Å². The van der Waals surface area contributed by atoms with Gasteiger partial charge in [0.1, 0.15) is 16.8 Å². The molecule has 0 fully saturated rings. The standard InChI is InChI=1S/C13H14ClFN4/c1-19(2)13-17-11(14)7-12(18-13)16-8-9-5-3-4-6-10(9)15/h3-7H,8H2,1-2H3,(H,16,17,18). The Morgan fingerprint density at radius 1 is 1.26 bits per heavy atom. The number of aromatic nitrogens is 2. The van der Waals surface area contributed by atoms with E-state index in [1.54, 1.807) is 29.2 Å². The van der Waals surface area contributed by atoms with Crippen LogP contribution in [0.5, 0.6) is 0 Å². The molecular formula is C13H14ClFN4. The second-order valence-electron chi connectivity index (χ2n) is 4.22. The monoisotopic (exact) mass is 280 g/mol. The van der Waals surface area contributed by atoms with Crippen LogP contribution in [0.2, 0.25) is 5.15 Å². The lowest BCUT2D eigenvalue weighted by Gasteiger charge is -2.13. The number of halogens is 2. The largest absolute Gasteiger partial charge is 0.366 e. The summed E-state index contributed by atoms with van der Waals surface area (Å²) < 4.78 is 13.5. The number of benzene rings is 1. The molecule has 0 aliphatic carbocycles. The maximum atomic E-state index is 13.5.